The molecule has 2 aromatic carbocycles. The maximum absolute atomic E-state index is 13.1. The molecule has 7 heteroatoms. The normalized spacial score (nSPS) is 9.84. The fourth-order valence-electron chi connectivity index (χ4n) is 2.24. The highest BCUT2D eigenvalue weighted by Crippen LogP contribution is 2.27. The Balaban J connectivity index is 1.90. The summed E-state index contributed by atoms with van der Waals surface area (Å²) >= 11 is 0. The number of benzene rings is 2. The van der Waals surface area contributed by atoms with Gasteiger partial charge >= 0.3 is 6.03 Å². The Morgan fingerprint density at radius 2 is 1.92 bits per heavy atom. The van der Waals surface area contributed by atoms with Gasteiger partial charge in [-0.05, 0) is 42.3 Å². The van der Waals surface area contributed by atoms with Crippen molar-refractivity contribution in [2.24, 2.45) is 0 Å². The van der Waals surface area contributed by atoms with Gasteiger partial charge in [-0.3, -0.25) is 0 Å². The second kappa shape index (κ2) is 8.55. The van der Waals surface area contributed by atoms with E-state index in [9.17, 15) is 9.18 Å². The van der Waals surface area contributed by atoms with Crippen LogP contribution in [0.15, 0.2) is 36.4 Å². The van der Waals surface area contributed by atoms with E-state index in [4.69, 9.17) is 14.7 Å². The molecular formula is C18H18FN3O3. The lowest BCUT2D eigenvalue weighted by atomic mass is 10.1. The zero-order valence-electron chi connectivity index (χ0n) is 13.9. The summed E-state index contributed by atoms with van der Waals surface area (Å²) in [7, 11) is 3.12. The Bertz CT molecular complexity index is 803. The van der Waals surface area contributed by atoms with Crippen LogP contribution in [0.1, 0.15) is 11.1 Å². The van der Waals surface area contributed by atoms with E-state index in [0.717, 1.165) is 11.6 Å². The van der Waals surface area contributed by atoms with E-state index in [1.807, 2.05) is 18.2 Å². The number of ether oxygens (including phenoxy) is 2. The second-order valence-electron chi connectivity index (χ2n) is 5.12. The lowest BCUT2D eigenvalue weighted by Crippen LogP contribution is -2.30. The smallest absolute Gasteiger partial charge is 0.319 e. The molecule has 0 saturated carbocycles. The van der Waals surface area contributed by atoms with E-state index in [-0.39, 0.29) is 11.3 Å². The fourth-order valence-corrected chi connectivity index (χ4v) is 2.24. The zero-order chi connectivity index (χ0) is 18.2. The van der Waals surface area contributed by atoms with Gasteiger partial charge in [0.15, 0.2) is 11.5 Å². The minimum Gasteiger partial charge on any atom is -0.493 e. The van der Waals surface area contributed by atoms with Crippen LogP contribution in [-0.4, -0.2) is 26.8 Å². The van der Waals surface area contributed by atoms with Crippen LogP contribution in [0.25, 0.3) is 0 Å². The minimum atomic E-state index is -0.532. The molecule has 0 atom stereocenters. The van der Waals surface area contributed by atoms with Gasteiger partial charge < -0.3 is 20.1 Å². The molecule has 0 spiro atoms. The summed E-state index contributed by atoms with van der Waals surface area (Å²) in [5, 5.41) is 14.2. The predicted molar refractivity (Wildman–Crippen MR) is 91.4 cm³/mol. The Morgan fingerprint density at radius 3 is 2.60 bits per heavy atom. The lowest BCUT2D eigenvalue weighted by molar-refractivity contribution is 0.252. The summed E-state index contributed by atoms with van der Waals surface area (Å²) < 4.78 is 23.5. The van der Waals surface area contributed by atoms with Crippen molar-refractivity contribution >= 4 is 11.7 Å². The summed E-state index contributed by atoms with van der Waals surface area (Å²) in [6.07, 6.45) is 0.586. The molecule has 0 unspecified atom stereocenters. The van der Waals surface area contributed by atoms with E-state index < -0.39 is 11.8 Å². The molecule has 0 fully saturated rings. The van der Waals surface area contributed by atoms with Gasteiger partial charge in [0.1, 0.15) is 11.9 Å². The molecule has 25 heavy (non-hydrogen) atoms. The Hall–Kier alpha value is -3.27. The van der Waals surface area contributed by atoms with Crippen LogP contribution in [0.5, 0.6) is 11.5 Å². The molecule has 0 saturated heterocycles. The van der Waals surface area contributed by atoms with Gasteiger partial charge in [0.25, 0.3) is 0 Å². The third-order valence-corrected chi connectivity index (χ3v) is 3.50. The summed E-state index contributed by atoms with van der Waals surface area (Å²) in [5.41, 5.74) is 1.29. The highest BCUT2D eigenvalue weighted by atomic mass is 19.1. The standard InChI is InChI=1S/C18H18FN3O3/c1-24-16-6-3-12(9-17(16)25-2)7-8-21-18(23)22-15-5-4-14(19)10-13(15)11-20/h3-6,9-10H,7-8H2,1-2H3,(H2,21,22,23). The van der Waals surface area contributed by atoms with Crippen LogP contribution >= 0.6 is 0 Å². The fraction of sp³-hybridized carbons (Fsp3) is 0.222. The molecule has 0 aliphatic heterocycles. The van der Waals surface area contributed by atoms with Crippen LogP contribution in [0.3, 0.4) is 0 Å². The van der Waals surface area contributed by atoms with Gasteiger partial charge in [-0.25, -0.2) is 9.18 Å². The van der Waals surface area contributed by atoms with Crippen molar-refractivity contribution in [1.29, 1.82) is 5.26 Å². The number of hydrogen-bond acceptors (Lipinski definition) is 4. The van der Waals surface area contributed by atoms with Crippen molar-refractivity contribution in [2.75, 3.05) is 26.1 Å². The number of carbonyl (C=O) groups is 1. The molecular weight excluding hydrogens is 325 g/mol. The van der Waals surface area contributed by atoms with E-state index in [0.29, 0.717) is 24.5 Å². The Labute approximate surface area is 145 Å². The molecule has 0 aliphatic rings. The molecule has 2 amide bonds. The van der Waals surface area contributed by atoms with Crippen molar-refractivity contribution in [3.05, 3.63) is 53.3 Å². The van der Waals surface area contributed by atoms with Gasteiger partial charge in [0.2, 0.25) is 0 Å². The molecule has 2 N–H and O–H groups in total. The SMILES string of the molecule is COc1ccc(CCNC(=O)Nc2ccc(F)cc2C#N)cc1OC. The first-order valence-electron chi connectivity index (χ1n) is 7.52. The summed E-state index contributed by atoms with van der Waals surface area (Å²) in [6.45, 7) is 0.379. The highest BCUT2D eigenvalue weighted by Gasteiger charge is 2.08. The van der Waals surface area contributed by atoms with Crippen LogP contribution in [0, 0.1) is 17.1 Å². The van der Waals surface area contributed by atoms with E-state index in [1.54, 1.807) is 20.3 Å². The van der Waals surface area contributed by atoms with Crippen molar-refractivity contribution in [3.63, 3.8) is 0 Å². The molecule has 130 valence electrons. The first-order valence-corrected chi connectivity index (χ1v) is 7.52. The lowest BCUT2D eigenvalue weighted by Gasteiger charge is -2.11. The summed E-state index contributed by atoms with van der Waals surface area (Å²) in [5.74, 6) is 0.725. The van der Waals surface area contributed by atoms with Gasteiger partial charge in [-0.1, -0.05) is 6.07 Å². The molecule has 2 aromatic rings. The molecule has 0 heterocycles. The average Bonchev–Trinajstić information content (AvgIpc) is 2.62. The number of nitrogens with zero attached hydrogens (tertiary/aromatic N) is 1. The van der Waals surface area contributed by atoms with Gasteiger partial charge in [0, 0.05) is 6.54 Å². The van der Waals surface area contributed by atoms with Crippen molar-refractivity contribution < 1.29 is 18.7 Å². The number of amides is 2. The number of carbonyl (C=O) groups excluding carboxylic acids is 1. The van der Waals surface area contributed by atoms with Crippen molar-refractivity contribution in [3.8, 4) is 17.6 Å². The number of nitriles is 1. The first-order chi connectivity index (χ1) is 12.1. The van der Waals surface area contributed by atoms with Crippen LogP contribution < -0.4 is 20.1 Å². The van der Waals surface area contributed by atoms with E-state index in [1.165, 1.54) is 12.1 Å². The number of hydrogen-bond donors (Lipinski definition) is 2. The Kier molecular flexibility index (Phi) is 6.18. The maximum atomic E-state index is 13.1. The topological polar surface area (TPSA) is 83.4 Å². The number of nitrogens with one attached hydrogen (secondary N) is 2. The van der Waals surface area contributed by atoms with Gasteiger partial charge in [-0.15, -0.1) is 0 Å². The van der Waals surface area contributed by atoms with Crippen molar-refractivity contribution in [2.45, 2.75) is 6.42 Å². The number of halogens is 1. The predicted octanol–water partition coefficient (Wildman–Crippen LogP) is 3.08. The summed E-state index contributed by atoms with van der Waals surface area (Å²) in [4.78, 5) is 11.9. The molecule has 0 aromatic heterocycles. The third-order valence-electron chi connectivity index (χ3n) is 3.50. The Morgan fingerprint density at radius 1 is 1.16 bits per heavy atom. The number of anilines is 1. The van der Waals surface area contributed by atoms with Crippen molar-refractivity contribution in [1.82, 2.24) is 5.32 Å². The van der Waals surface area contributed by atoms with Crippen LogP contribution in [0.2, 0.25) is 0 Å². The molecule has 0 bridgehead atoms. The zero-order valence-corrected chi connectivity index (χ0v) is 13.9. The summed E-state index contributed by atoms with van der Waals surface area (Å²) in [6, 6.07) is 10.5. The molecule has 6 nitrogen and oxygen atoms in total. The van der Waals surface area contributed by atoms with Gasteiger partial charge in [-0.2, -0.15) is 5.26 Å². The molecule has 0 radical (unpaired) electrons. The van der Waals surface area contributed by atoms with Crippen LogP contribution in [0.4, 0.5) is 14.9 Å². The maximum Gasteiger partial charge on any atom is 0.319 e. The van der Waals surface area contributed by atoms with E-state index in [2.05, 4.69) is 10.6 Å². The minimum absolute atomic E-state index is 0.0649. The number of urea groups is 1. The molecule has 2 rings (SSSR count). The number of rotatable bonds is 6. The van der Waals surface area contributed by atoms with Crippen LogP contribution in [-0.2, 0) is 6.42 Å². The van der Waals surface area contributed by atoms with E-state index >= 15 is 0 Å². The third kappa shape index (κ3) is 4.85. The number of methoxy groups -OCH3 is 2. The second-order valence-corrected chi connectivity index (χ2v) is 5.12. The quantitative estimate of drug-likeness (QED) is 0.844. The first kappa shape index (κ1) is 18.1. The monoisotopic (exact) mass is 343 g/mol. The van der Waals surface area contributed by atoms with Gasteiger partial charge in [0.05, 0.1) is 25.5 Å². The largest absolute Gasteiger partial charge is 0.493 e. The highest BCUT2D eigenvalue weighted by molar-refractivity contribution is 5.90. The molecule has 0 aliphatic carbocycles. The average molecular weight is 343 g/mol.